The second-order valence-corrected chi connectivity index (χ2v) is 5.43. The summed E-state index contributed by atoms with van der Waals surface area (Å²) in [6, 6.07) is 13.2. The maximum Gasteiger partial charge on any atom is 0.340 e. The zero-order chi connectivity index (χ0) is 18.9. The first-order valence-electron chi connectivity index (χ1n) is 8.09. The summed E-state index contributed by atoms with van der Waals surface area (Å²) < 4.78 is 4.93. The Morgan fingerprint density at radius 3 is 2.35 bits per heavy atom. The number of carboxylic acid groups (broad SMARTS) is 1. The zero-order valence-electron chi connectivity index (χ0n) is 14.2. The largest absolute Gasteiger partial charge is 0.548 e. The van der Waals surface area contributed by atoms with Gasteiger partial charge in [0.1, 0.15) is 0 Å². The van der Waals surface area contributed by atoms with Gasteiger partial charge < -0.3 is 25.3 Å². The lowest BCUT2D eigenvalue weighted by atomic mass is 10.1. The van der Waals surface area contributed by atoms with Crippen molar-refractivity contribution in [2.45, 2.75) is 19.4 Å². The molecule has 0 aromatic heterocycles. The van der Waals surface area contributed by atoms with Crippen molar-refractivity contribution in [2.24, 2.45) is 0 Å². The number of nitrogens with one attached hydrogen (secondary N) is 2. The number of carboxylic acids is 1. The van der Waals surface area contributed by atoms with Crippen molar-refractivity contribution in [1.29, 1.82) is 0 Å². The highest BCUT2D eigenvalue weighted by atomic mass is 16.5. The highest BCUT2D eigenvalue weighted by Gasteiger charge is 2.17. The Morgan fingerprint density at radius 2 is 1.69 bits per heavy atom. The average Bonchev–Trinajstić information content (AvgIpc) is 2.62. The lowest BCUT2D eigenvalue weighted by Crippen LogP contribution is -2.50. The summed E-state index contributed by atoms with van der Waals surface area (Å²) in [5, 5.41) is 16.2. The van der Waals surface area contributed by atoms with Gasteiger partial charge in [0.25, 0.3) is 0 Å². The predicted molar refractivity (Wildman–Crippen MR) is 93.5 cm³/mol. The molecule has 2 rings (SSSR count). The number of benzene rings is 2. The summed E-state index contributed by atoms with van der Waals surface area (Å²) in [5.41, 5.74) is 1.15. The van der Waals surface area contributed by atoms with E-state index in [9.17, 15) is 19.5 Å². The van der Waals surface area contributed by atoms with E-state index in [1.165, 1.54) is 12.1 Å². The number of anilines is 1. The van der Waals surface area contributed by atoms with Crippen LogP contribution in [0.15, 0.2) is 54.6 Å². The van der Waals surface area contributed by atoms with Crippen LogP contribution in [-0.2, 0) is 16.0 Å². The Kier molecular flexibility index (Phi) is 6.73. The molecule has 0 saturated heterocycles. The summed E-state index contributed by atoms with van der Waals surface area (Å²) in [7, 11) is 0. The minimum atomic E-state index is -1.40. The third kappa shape index (κ3) is 5.34. The van der Waals surface area contributed by atoms with Crippen molar-refractivity contribution in [3.8, 4) is 0 Å². The van der Waals surface area contributed by atoms with Gasteiger partial charge in [0.2, 0.25) is 0 Å². The standard InChI is InChI=1S/C19H20N2O5/c1-2-26-18(24)14-10-6-7-11-15(14)20-19(25)21-16(17(22)23)12-13-8-4-3-5-9-13/h3-11,16H,2,12H2,1H3,(H,22,23)(H2,20,21,25)/p-1/t16-/m0/s1. The highest BCUT2D eigenvalue weighted by Crippen LogP contribution is 2.16. The third-order valence-corrected chi connectivity index (χ3v) is 3.54. The quantitative estimate of drug-likeness (QED) is 0.729. The molecule has 0 aliphatic rings. The van der Waals surface area contributed by atoms with Gasteiger partial charge in [-0.3, -0.25) is 0 Å². The van der Waals surface area contributed by atoms with Crippen LogP contribution in [0.1, 0.15) is 22.8 Å². The Bertz CT molecular complexity index is 777. The monoisotopic (exact) mass is 355 g/mol. The van der Waals surface area contributed by atoms with Crippen LogP contribution in [0.3, 0.4) is 0 Å². The number of hydrogen-bond acceptors (Lipinski definition) is 5. The van der Waals surface area contributed by atoms with Crippen molar-refractivity contribution in [3.05, 3.63) is 65.7 Å². The third-order valence-electron chi connectivity index (χ3n) is 3.54. The Labute approximate surface area is 151 Å². The van der Waals surface area contributed by atoms with Crippen LogP contribution in [0.4, 0.5) is 10.5 Å². The summed E-state index contributed by atoms with van der Waals surface area (Å²) in [6.45, 7) is 1.87. The van der Waals surface area contributed by atoms with E-state index in [-0.39, 0.29) is 24.3 Å². The molecule has 1 atom stereocenters. The smallest absolute Gasteiger partial charge is 0.340 e. The fourth-order valence-corrected chi connectivity index (χ4v) is 2.34. The van der Waals surface area contributed by atoms with E-state index in [2.05, 4.69) is 10.6 Å². The minimum Gasteiger partial charge on any atom is -0.548 e. The van der Waals surface area contributed by atoms with Crippen molar-refractivity contribution in [3.63, 3.8) is 0 Å². The van der Waals surface area contributed by atoms with Gasteiger partial charge in [-0.25, -0.2) is 9.59 Å². The Balaban J connectivity index is 2.07. The van der Waals surface area contributed by atoms with Crippen molar-refractivity contribution < 1.29 is 24.2 Å². The van der Waals surface area contributed by atoms with Crippen LogP contribution >= 0.6 is 0 Å². The summed E-state index contributed by atoms with van der Waals surface area (Å²) in [4.78, 5) is 35.4. The lowest BCUT2D eigenvalue weighted by molar-refractivity contribution is -0.308. The maximum atomic E-state index is 12.2. The number of amides is 2. The number of aliphatic carboxylic acids is 1. The molecule has 0 aliphatic heterocycles. The highest BCUT2D eigenvalue weighted by molar-refractivity contribution is 6.01. The van der Waals surface area contributed by atoms with E-state index in [1.807, 2.05) is 6.07 Å². The molecule has 0 aliphatic carbocycles. The normalized spacial score (nSPS) is 11.3. The number of esters is 1. The summed E-state index contributed by atoms with van der Waals surface area (Å²) in [5.74, 6) is -1.98. The minimum absolute atomic E-state index is 0.0795. The molecular weight excluding hydrogens is 336 g/mol. The van der Waals surface area contributed by atoms with Gasteiger partial charge in [-0.15, -0.1) is 0 Å². The van der Waals surface area contributed by atoms with Crippen LogP contribution < -0.4 is 15.7 Å². The molecule has 0 saturated carbocycles. The molecule has 0 unspecified atom stereocenters. The van der Waals surface area contributed by atoms with E-state index in [4.69, 9.17) is 4.74 Å². The molecule has 0 bridgehead atoms. The van der Waals surface area contributed by atoms with Crippen molar-refractivity contribution >= 4 is 23.7 Å². The van der Waals surface area contributed by atoms with E-state index >= 15 is 0 Å². The Morgan fingerprint density at radius 1 is 1.04 bits per heavy atom. The molecular formula is C19H19N2O5-. The van der Waals surface area contributed by atoms with Gasteiger partial charge in [-0.1, -0.05) is 42.5 Å². The molecule has 0 radical (unpaired) electrons. The van der Waals surface area contributed by atoms with Gasteiger partial charge in [0, 0.05) is 0 Å². The molecule has 0 heterocycles. The molecule has 7 nitrogen and oxygen atoms in total. The first kappa shape index (κ1) is 19.0. The van der Waals surface area contributed by atoms with Crippen molar-refractivity contribution in [2.75, 3.05) is 11.9 Å². The van der Waals surface area contributed by atoms with Crippen LogP contribution in [0.2, 0.25) is 0 Å². The molecule has 0 fully saturated rings. The number of para-hydroxylation sites is 1. The number of hydrogen-bond donors (Lipinski definition) is 2. The number of rotatable bonds is 7. The molecule has 2 aromatic rings. The fraction of sp³-hybridized carbons (Fsp3) is 0.211. The average molecular weight is 355 g/mol. The number of carbonyl (C=O) groups excluding carboxylic acids is 3. The van der Waals surface area contributed by atoms with E-state index in [0.717, 1.165) is 5.56 Å². The topological polar surface area (TPSA) is 108 Å². The number of carbonyl (C=O) groups is 3. The predicted octanol–water partition coefficient (Wildman–Crippen LogP) is 1.35. The Hall–Kier alpha value is -3.35. The first-order valence-corrected chi connectivity index (χ1v) is 8.09. The van der Waals surface area contributed by atoms with Crippen LogP contribution in [0.25, 0.3) is 0 Å². The number of ether oxygens (including phenoxy) is 1. The second-order valence-electron chi connectivity index (χ2n) is 5.43. The molecule has 0 spiro atoms. The fourth-order valence-electron chi connectivity index (χ4n) is 2.34. The molecule has 2 N–H and O–H groups in total. The first-order chi connectivity index (χ1) is 12.5. The van der Waals surface area contributed by atoms with Gasteiger partial charge >= 0.3 is 12.0 Å². The maximum absolute atomic E-state index is 12.2. The molecule has 26 heavy (non-hydrogen) atoms. The zero-order valence-corrected chi connectivity index (χ0v) is 14.2. The molecule has 136 valence electrons. The molecule has 2 aromatic carbocycles. The second kappa shape index (κ2) is 9.22. The summed E-state index contributed by atoms with van der Waals surface area (Å²) >= 11 is 0. The van der Waals surface area contributed by atoms with E-state index in [1.54, 1.807) is 43.3 Å². The van der Waals surface area contributed by atoms with Gasteiger partial charge in [0.15, 0.2) is 0 Å². The van der Waals surface area contributed by atoms with Crippen LogP contribution in [0.5, 0.6) is 0 Å². The number of urea groups is 1. The lowest BCUT2D eigenvalue weighted by Gasteiger charge is -2.20. The van der Waals surface area contributed by atoms with Gasteiger partial charge in [-0.2, -0.15) is 0 Å². The van der Waals surface area contributed by atoms with Gasteiger partial charge in [0.05, 0.1) is 29.9 Å². The van der Waals surface area contributed by atoms with Crippen molar-refractivity contribution in [1.82, 2.24) is 5.32 Å². The van der Waals surface area contributed by atoms with E-state index in [0.29, 0.717) is 0 Å². The van der Waals surface area contributed by atoms with Crippen LogP contribution in [0, 0.1) is 0 Å². The molecule has 7 heteroatoms. The van der Waals surface area contributed by atoms with Gasteiger partial charge in [-0.05, 0) is 31.0 Å². The SMILES string of the molecule is CCOC(=O)c1ccccc1NC(=O)N[C@@H](Cc1ccccc1)C(=O)[O-]. The molecule has 2 amide bonds. The summed E-state index contributed by atoms with van der Waals surface area (Å²) in [6.07, 6.45) is 0.0795. The van der Waals surface area contributed by atoms with E-state index < -0.39 is 24.0 Å². The van der Waals surface area contributed by atoms with Crippen LogP contribution in [-0.4, -0.2) is 30.6 Å².